The van der Waals surface area contributed by atoms with Crippen molar-refractivity contribution in [2.75, 3.05) is 7.05 Å². The van der Waals surface area contributed by atoms with Crippen molar-refractivity contribution in [1.82, 2.24) is 4.90 Å². The lowest BCUT2D eigenvalue weighted by molar-refractivity contribution is -0.290. The van der Waals surface area contributed by atoms with Crippen molar-refractivity contribution in [1.29, 1.82) is 0 Å². The van der Waals surface area contributed by atoms with Gasteiger partial charge >= 0.3 is 0 Å². The summed E-state index contributed by atoms with van der Waals surface area (Å²) in [5, 5.41) is 0. The highest BCUT2D eigenvalue weighted by atomic mass is 16.7. The quantitative estimate of drug-likeness (QED) is 0.745. The van der Waals surface area contributed by atoms with Gasteiger partial charge in [0.15, 0.2) is 5.79 Å². The number of hydrogen-bond donors (Lipinski definition) is 0. The van der Waals surface area contributed by atoms with Crippen LogP contribution in [0.4, 0.5) is 0 Å². The largest absolute Gasteiger partial charge is 0.347 e. The minimum absolute atomic E-state index is 0.0253. The number of aldehydes is 1. The van der Waals surface area contributed by atoms with Gasteiger partial charge in [-0.15, -0.1) is 0 Å². The van der Waals surface area contributed by atoms with E-state index in [1.54, 1.807) is 25.8 Å². The fraction of sp³-hybridized carbons (Fsp3) is 0.867. The molecule has 0 unspecified atom stereocenters. The Morgan fingerprint density at radius 1 is 1.35 bits per heavy atom. The molecule has 0 saturated carbocycles. The number of carbonyl (C=O) groups is 2. The number of nitrogens with zero attached hydrogens (tertiary/aromatic N) is 1. The molecule has 0 radical (unpaired) electrons. The molecular weight excluding hydrogens is 258 g/mol. The van der Waals surface area contributed by atoms with Gasteiger partial charge in [0.2, 0.25) is 5.91 Å². The van der Waals surface area contributed by atoms with E-state index in [0.29, 0.717) is 6.42 Å². The van der Waals surface area contributed by atoms with E-state index in [2.05, 4.69) is 0 Å². The number of ether oxygens (including phenoxy) is 2. The predicted molar refractivity (Wildman–Crippen MR) is 78.4 cm³/mol. The number of rotatable bonds is 4. The van der Waals surface area contributed by atoms with Gasteiger partial charge < -0.3 is 19.2 Å². The molecule has 1 fully saturated rings. The van der Waals surface area contributed by atoms with E-state index in [1.165, 1.54) is 0 Å². The molecule has 0 aromatic rings. The topological polar surface area (TPSA) is 55.8 Å². The Kier molecular flexibility index (Phi) is 7.98. The van der Waals surface area contributed by atoms with E-state index in [1.807, 2.05) is 27.7 Å². The summed E-state index contributed by atoms with van der Waals surface area (Å²) in [6.07, 6.45) is 0.734. The highest BCUT2D eigenvalue weighted by molar-refractivity contribution is 5.76. The average Bonchev–Trinajstić information content (AvgIpc) is 2.37. The van der Waals surface area contributed by atoms with Crippen molar-refractivity contribution in [3.05, 3.63) is 0 Å². The van der Waals surface area contributed by atoms with Crippen LogP contribution in [0.1, 0.15) is 54.4 Å². The molecule has 1 rings (SSSR count). The maximum absolute atomic E-state index is 12.0. The number of amides is 1. The Morgan fingerprint density at radius 2 is 1.90 bits per heavy atom. The molecule has 1 saturated heterocycles. The molecule has 0 aromatic carbocycles. The molecule has 5 heteroatoms. The predicted octanol–water partition coefficient (Wildman–Crippen LogP) is 2.38. The van der Waals surface area contributed by atoms with E-state index in [4.69, 9.17) is 9.47 Å². The van der Waals surface area contributed by atoms with Crippen molar-refractivity contribution in [3.63, 3.8) is 0 Å². The van der Waals surface area contributed by atoms with Gasteiger partial charge in [-0.1, -0.05) is 13.8 Å². The smallest absolute Gasteiger partial charge is 0.225 e. The van der Waals surface area contributed by atoms with Gasteiger partial charge in [0.05, 0.1) is 12.5 Å². The van der Waals surface area contributed by atoms with Crippen LogP contribution in [-0.2, 0) is 19.1 Å². The van der Waals surface area contributed by atoms with E-state index in [-0.39, 0.29) is 24.5 Å². The number of hydrogen-bond acceptors (Lipinski definition) is 4. The van der Waals surface area contributed by atoms with Crippen LogP contribution in [0.15, 0.2) is 0 Å². The van der Waals surface area contributed by atoms with Crippen LogP contribution < -0.4 is 0 Å². The maximum Gasteiger partial charge on any atom is 0.225 e. The second-order valence-corrected chi connectivity index (χ2v) is 5.47. The summed E-state index contributed by atoms with van der Waals surface area (Å²) in [5.41, 5.74) is 0. The van der Waals surface area contributed by atoms with Gasteiger partial charge in [0, 0.05) is 19.5 Å². The zero-order valence-electron chi connectivity index (χ0n) is 13.8. The van der Waals surface area contributed by atoms with Gasteiger partial charge in [-0.3, -0.25) is 4.79 Å². The fourth-order valence-corrected chi connectivity index (χ4v) is 1.98. The maximum atomic E-state index is 12.0. The van der Waals surface area contributed by atoms with Crippen LogP contribution in [-0.4, -0.2) is 48.2 Å². The van der Waals surface area contributed by atoms with Crippen molar-refractivity contribution in [2.45, 2.75) is 78.4 Å². The second kappa shape index (κ2) is 8.37. The van der Waals surface area contributed by atoms with Gasteiger partial charge in [-0.2, -0.15) is 0 Å². The van der Waals surface area contributed by atoms with E-state index in [0.717, 1.165) is 6.29 Å². The lowest BCUT2D eigenvalue weighted by Gasteiger charge is -2.39. The molecular formula is C15H29NO4. The molecule has 20 heavy (non-hydrogen) atoms. The Bertz CT molecular complexity index is 315. The summed E-state index contributed by atoms with van der Waals surface area (Å²) >= 11 is 0. The minimum Gasteiger partial charge on any atom is -0.347 e. The monoisotopic (exact) mass is 287 g/mol. The summed E-state index contributed by atoms with van der Waals surface area (Å²) in [5.74, 6) is -0.789. The molecule has 1 aliphatic rings. The van der Waals surface area contributed by atoms with Gasteiger partial charge in [0.25, 0.3) is 0 Å². The Balaban J connectivity index is 0.00000172. The molecule has 118 valence electrons. The highest BCUT2D eigenvalue weighted by Gasteiger charge is 2.36. The molecule has 0 aliphatic carbocycles. The Hall–Kier alpha value is -0.940. The summed E-state index contributed by atoms with van der Waals surface area (Å²) in [6.45, 7) is 11.4. The Labute approximate surface area is 122 Å². The minimum atomic E-state index is -0.814. The summed E-state index contributed by atoms with van der Waals surface area (Å²) in [7, 11) is 1.77. The fourth-order valence-electron chi connectivity index (χ4n) is 1.98. The number of carbonyl (C=O) groups excluding carboxylic acids is 2. The van der Waals surface area contributed by atoms with E-state index < -0.39 is 11.9 Å². The lowest BCUT2D eigenvalue weighted by atomic mass is 10.1. The van der Waals surface area contributed by atoms with Crippen molar-refractivity contribution in [2.24, 2.45) is 0 Å². The summed E-state index contributed by atoms with van der Waals surface area (Å²) < 4.78 is 11.1. The zero-order valence-corrected chi connectivity index (χ0v) is 13.8. The standard InChI is InChI=1S/C13H23NO4.C2H6/c1-9(2)14(5)12(16)7-10-6-11(8-15)18-13(3,4)17-10;1-2/h8-11H,6-7H2,1-5H3;1-2H3/t10-,11+;/m1./s1. The van der Waals surface area contributed by atoms with Crippen LogP contribution in [0.3, 0.4) is 0 Å². The van der Waals surface area contributed by atoms with Gasteiger partial charge in [-0.25, -0.2) is 0 Å². The normalized spacial score (nSPS) is 24.6. The molecule has 2 atom stereocenters. The molecule has 0 bridgehead atoms. The molecule has 5 nitrogen and oxygen atoms in total. The molecule has 0 spiro atoms. The van der Waals surface area contributed by atoms with Crippen molar-refractivity contribution in [3.8, 4) is 0 Å². The highest BCUT2D eigenvalue weighted by Crippen LogP contribution is 2.27. The summed E-state index contributed by atoms with van der Waals surface area (Å²) in [4.78, 5) is 24.5. The van der Waals surface area contributed by atoms with Gasteiger partial charge in [-0.05, 0) is 27.7 Å². The van der Waals surface area contributed by atoms with Crippen molar-refractivity contribution < 1.29 is 19.1 Å². The van der Waals surface area contributed by atoms with Crippen LogP contribution in [0.2, 0.25) is 0 Å². The third-order valence-electron chi connectivity index (χ3n) is 3.10. The molecule has 1 aliphatic heterocycles. The third-order valence-corrected chi connectivity index (χ3v) is 3.10. The first-order chi connectivity index (χ1) is 9.25. The molecule has 0 aromatic heterocycles. The third kappa shape index (κ3) is 6.01. The average molecular weight is 287 g/mol. The second-order valence-electron chi connectivity index (χ2n) is 5.47. The van der Waals surface area contributed by atoms with Crippen LogP contribution >= 0.6 is 0 Å². The van der Waals surface area contributed by atoms with Gasteiger partial charge in [0.1, 0.15) is 12.4 Å². The van der Waals surface area contributed by atoms with Crippen LogP contribution in [0.25, 0.3) is 0 Å². The van der Waals surface area contributed by atoms with Crippen LogP contribution in [0.5, 0.6) is 0 Å². The SMILES string of the molecule is CC.CC(C)N(C)C(=O)C[C@H]1C[C@@H](C=O)OC(C)(C)O1. The van der Waals surface area contributed by atoms with E-state index in [9.17, 15) is 9.59 Å². The van der Waals surface area contributed by atoms with Crippen molar-refractivity contribution >= 4 is 12.2 Å². The Morgan fingerprint density at radius 3 is 2.35 bits per heavy atom. The lowest BCUT2D eigenvalue weighted by Crippen LogP contribution is -2.47. The van der Waals surface area contributed by atoms with Crippen LogP contribution in [0, 0.1) is 0 Å². The first-order valence-electron chi connectivity index (χ1n) is 7.31. The summed E-state index contributed by atoms with van der Waals surface area (Å²) in [6, 6.07) is 0.159. The molecule has 1 amide bonds. The van der Waals surface area contributed by atoms with E-state index >= 15 is 0 Å². The first-order valence-corrected chi connectivity index (χ1v) is 7.31. The molecule has 0 N–H and O–H groups in total. The molecule has 1 heterocycles. The first kappa shape index (κ1) is 19.1. The zero-order chi connectivity index (χ0) is 15.9.